The quantitative estimate of drug-likeness (QED) is 0.311. The van der Waals surface area contributed by atoms with Crippen LogP contribution in [-0.4, -0.2) is 75.6 Å². The highest BCUT2D eigenvalue weighted by Gasteiger charge is 2.52. The number of hydrogen-bond acceptors (Lipinski definition) is 7. The number of carbonyl (C=O) groups is 3. The van der Waals surface area contributed by atoms with Gasteiger partial charge in [-0.2, -0.15) is 5.10 Å². The van der Waals surface area contributed by atoms with E-state index in [2.05, 4.69) is 30.8 Å². The van der Waals surface area contributed by atoms with Gasteiger partial charge in [0.25, 0.3) is 5.91 Å². The molecule has 11 nitrogen and oxygen atoms in total. The van der Waals surface area contributed by atoms with Gasteiger partial charge >= 0.3 is 0 Å². The third-order valence-corrected chi connectivity index (χ3v) is 9.41. The molecule has 3 amide bonds. The average molecular weight is 620 g/mol. The number of anilines is 1. The molecule has 0 fully saturated rings. The van der Waals surface area contributed by atoms with Crippen LogP contribution >= 0.6 is 0 Å². The number of aromatic amines is 1. The molecule has 236 valence electrons. The van der Waals surface area contributed by atoms with Gasteiger partial charge in [-0.05, 0) is 73.1 Å². The first-order valence-electron chi connectivity index (χ1n) is 15.8. The summed E-state index contributed by atoms with van der Waals surface area (Å²) in [6.45, 7) is 3.66. The number of likely N-dealkylation sites (N-methyl/N-ethyl adjacent to an activating group) is 1. The largest absolute Gasteiger partial charge is 0.377 e. The summed E-state index contributed by atoms with van der Waals surface area (Å²) in [6, 6.07) is 7.07. The van der Waals surface area contributed by atoms with Gasteiger partial charge in [0, 0.05) is 62.1 Å². The van der Waals surface area contributed by atoms with Crippen LogP contribution in [0.2, 0.25) is 0 Å². The minimum atomic E-state index is -0.838. The second-order valence-corrected chi connectivity index (χ2v) is 12.7. The molecule has 5 heterocycles. The van der Waals surface area contributed by atoms with Crippen LogP contribution in [0, 0.1) is 6.92 Å². The molecule has 7 rings (SSSR count). The van der Waals surface area contributed by atoms with Crippen molar-refractivity contribution in [1.29, 1.82) is 0 Å². The summed E-state index contributed by atoms with van der Waals surface area (Å²) >= 11 is 0. The third-order valence-electron chi connectivity index (χ3n) is 9.41. The fourth-order valence-corrected chi connectivity index (χ4v) is 6.93. The van der Waals surface area contributed by atoms with Gasteiger partial charge in [0.15, 0.2) is 0 Å². The summed E-state index contributed by atoms with van der Waals surface area (Å²) in [6.07, 6.45) is 12.7. The van der Waals surface area contributed by atoms with Gasteiger partial charge in [-0.15, -0.1) is 0 Å². The molecule has 1 spiro atoms. The van der Waals surface area contributed by atoms with Crippen molar-refractivity contribution in [3.05, 3.63) is 88.0 Å². The molecule has 2 unspecified atom stereocenters. The number of benzene rings is 1. The first-order chi connectivity index (χ1) is 22.3. The minimum Gasteiger partial charge on any atom is -0.377 e. The van der Waals surface area contributed by atoms with Crippen molar-refractivity contribution in [3.63, 3.8) is 0 Å². The number of aromatic nitrogens is 4. The summed E-state index contributed by atoms with van der Waals surface area (Å²) in [7, 11) is 1.78. The zero-order valence-corrected chi connectivity index (χ0v) is 26.1. The number of fused-ring (bicyclic) bond motifs is 3. The summed E-state index contributed by atoms with van der Waals surface area (Å²) in [5.41, 5.74) is 5.77. The fourth-order valence-electron chi connectivity index (χ4n) is 6.93. The molecule has 0 saturated heterocycles. The van der Waals surface area contributed by atoms with Crippen LogP contribution in [0.5, 0.6) is 0 Å². The molecule has 3 aliphatic rings. The minimum absolute atomic E-state index is 0.114. The lowest BCUT2D eigenvalue weighted by molar-refractivity contribution is -0.132. The van der Waals surface area contributed by atoms with Crippen molar-refractivity contribution in [2.45, 2.75) is 56.9 Å². The Hall–Kier alpha value is -4.90. The number of amides is 3. The first kappa shape index (κ1) is 29.8. The number of ether oxygens (including phenoxy) is 1. The zero-order valence-electron chi connectivity index (χ0n) is 26.1. The third kappa shape index (κ3) is 5.55. The summed E-state index contributed by atoms with van der Waals surface area (Å²) in [5, 5.41) is 14.1. The molecule has 3 N–H and O–H groups in total. The van der Waals surface area contributed by atoms with E-state index in [0.29, 0.717) is 50.4 Å². The number of hydrogen-bond donors (Lipinski definition) is 3. The topological polar surface area (TPSA) is 142 Å². The van der Waals surface area contributed by atoms with Crippen molar-refractivity contribution >= 4 is 40.5 Å². The van der Waals surface area contributed by atoms with Crippen LogP contribution in [0.4, 0.5) is 5.82 Å². The van der Waals surface area contributed by atoms with Crippen molar-refractivity contribution in [2.75, 3.05) is 32.1 Å². The maximum Gasteiger partial charge on any atom is 0.253 e. The predicted octanol–water partition coefficient (Wildman–Crippen LogP) is 3.66. The smallest absolute Gasteiger partial charge is 0.253 e. The van der Waals surface area contributed by atoms with E-state index in [4.69, 9.17) is 4.74 Å². The monoisotopic (exact) mass is 619 g/mol. The second kappa shape index (κ2) is 12.1. The van der Waals surface area contributed by atoms with E-state index in [-0.39, 0.29) is 17.7 Å². The summed E-state index contributed by atoms with van der Waals surface area (Å²) < 4.78 is 5.81. The van der Waals surface area contributed by atoms with Crippen LogP contribution in [0.1, 0.15) is 63.1 Å². The standard InChI is InChI=1S/C35H37N7O4/c1-21-11-23(12-25-20-38-41-30(21)25)14-28-33(44)42(2)8-4-3-5-9-46-10-6-7-22-13-27-31(37-18-22)40-34(45)35(27)16-24-15-26(32(43)39-28)19-36-29(24)17-35/h6-7,11-13,15,18-20,28H,3-5,8-10,14,16-17H2,1-2H3,(H,38,41)(H,39,43)(H,37,40,45). The van der Waals surface area contributed by atoms with Gasteiger partial charge < -0.3 is 20.3 Å². The number of H-pyrrole nitrogens is 1. The Bertz CT molecular complexity index is 1880. The van der Waals surface area contributed by atoms with Gasteiger partial charge in [0.1, 0.15) is 11.9 Å². The lowest BCUT2D eigenvalue weighted by atomic mass is 9.79. The highest BCUT2D eigenvalue weighted by molar-refractivity contribution is 6.06. The highest BCUT2D eigenvalue weighted by atomic mass is 16.5. The summed E-state index contributed by atoms with van der Waals surface area (Å²) in [5.74, 6) is -0.0874. The van der Waals surface area contributed by atoms with Gasteiger partial charge in [-0.1, -0.05) is 18.2 Å². The molecule has 4 aromatic rings. The average Bonchev–Trinajstić information content (AvgIpc) is 3.75. The van der Waals surface area contributed by atoms with Crippen LogP contribution in [0.25, 0.3) is 17.0 Å². The fraction of sp³-hybridized carbons (Fsp3) is 0.371. The van der Waals surface area contributed by atoms with E-state index >= 15 is 0 Å². The number of nitrogens with one attached hydrogen (secondary N) is 3. The second-order valence-electron chi connectivity index (χ2n) is 12.7. The number of rotatable bonds is 2. The van der Waals surface area contributed by atoms with E-state index in [1.807, 2.05) is 43.3 Å². The SMILES string of the molecule is Cc1cc(CC2NC(=O)c3cnc4c(c3)CC3(C4)C(=O)Nc4ncc(cc43)C=CCOCCCCCN(C)C2=O)cc2cn[nH]c12. The van der Waals surface area contributed by atoms with Crippen molar-refractivity contribution in [3.8, 4) is 0 Å². The molecule has 0 radical (unpaired) electrons. The number of nitrogens with zero attached hydrogens (tertiary/aromatic N) is 4. The van der Waals surface area contributed by atoms with E-state index in [0.717, 1.165) is 63.7 Å². The lowest BCUT2D eigenvalue weighted by Crippen LogP contribution is -2.48. The Morgan fingerprint density at radius 1 is 1.02 bits per heavy atom. The molecule has 2 aliphatic heterocycles. The molecule has 2 atom stereocenters. The molecule has 3 aromatic heterocycles. The molecule has 1 aliphatic carbocycles. The van der Waals surface area contributed by atoms with Crippen LogP contribution in [0.15, 0.2) is 48.9 Å². The van der Waals surface area contributed by atoms with E-state index in [1.165, 1.54) is 0 Å². The first-order valence-corrected chi connectivity index (χ1v) is 15.8. The lowest BCUT2D eigenvalue weighted by Gasteiger charge is -2.25. The molecule has 1 aromatic carbocycles. The molecule has 11 heteroatoms. The Morgan fingerprint density at radius 3 is 2.80 bits per heavy atom. The van der Waals surface area contributed by atoms with E-state index in [1.54, 1.807) is 30.5 Å². The molecular formula is C35H37N7O4. The van der Waals surface area contributed by atoms with Gasteiger partial charge in [0.05, 0.1) is 29.3 Å². The molecule has 5 bridgehead atoms. The predicted molar refractivity (Wildman–Crippen MR) is 173 cm³/mol. The number of pyridine rings is 2. The van der Waals surface area contributed by atoms with Crippen LogP contribution in [0.3, 0.4) is 0 Å². The normalized spacial score (nSPS) is 22.1. The van der Waals surface area contributed by atoms with Crippen molar-refractivity contribution in [1.82, 2.24) is 30.4 Å². The molecular weight excluding hydrogens is 582 g/mol. The van der Waals surface area contributed by atoms with Crippen LogP contribution < -0.4 is 10.6 Å². The molecule has 0 saturated carbocycles. The Balaban J connectivity index is 1.20. The van der Waals surface area contributed by atoms with Crippen molar-refractivity contribution in [2.24, 2.45) is 0 Å². The Labute approximate surface area is 266 Å². The molecule has 46 heavy (non-hydrogen) atoms. The van der Waals surface area contributed by atoms with Gasteiger partial charge in [-0.3, -0.25) is 24.5 Å². The van der Waals surface area contributed by atoms with Crippen LogP contribution in [-0.2, 0) is 39.0 Å². The van der Waals surface area contributed by atoms with E-state index < -0.39 is 11.5 Å². The van der Waals surface area contributed by atoms with Gasteiger partial charge in [0.2, 0.25) is 11.8 Å². The number of aryl methyl sites for hydroxylation is 1. The highest BCUT2D eigenvalue weighted by Crippen LogP contribution is 2.46. The summed E-state index contributed by atoms with van der Waals surface area (Å²) in [4.78, 5) is 51.9. The Kier molecular flexibility index (Phi) is 7.85. The maximum atomic E-state index is 13.8. The van der Waals surface area contributed by atoms with Gasteiger partial charge in [-0.25, -0.2) is 4.98 Å². The van der Waals surface area contributed by atoms with E-state index in [9.17, 15) is 14.4 Å². The van der Waals surface area contributed by atoms with Crippen molar-refractivity contribution < 1.29 is 19.1 Å². The zero-order chi connectivity index (χ0) is 31.8. The number of carbonyl (C=O) groups excluding carboxylic acids is 3. The maximum absolute atomic E-state index is 13.8. The Morgan fingerprint density at radius 2 is 1.91 bits per heavy atom.